The molecule has 0 aromatic heterocycles. The van der Waals surface area contributed by atoms with Crippen molar-refractivity contribution in [2.75, 3.05) is 32.1 Å². The highest BCUT2D eigenvalue weighted by Crippen LogP contribution is 2.25. The molecule has 35 nitrogen and oxygen atoms in total. The first kappa shape index (κ1) is 85.5. The average molecular weight is 1430 g/mol. The molecule has 2 aromatic rings. The number of aliphatic hydroxyl groups is 3. The van der Waals surface area contributed by atoms with Crippen molar-refractivity contribution in [1.82, 2.24) is 53.2 Å². The van der Waals surface area contributed by atoms with Crippen LogP contribution in [0.3, 0.4) is 0 Å². The van der Waals surface area contributed by atoms with Crippen LogP contribution in [0, 0.1) is 29.6 Å². The number of aliphatic hydroxyl groups excluding tert-OH is 3. The quantitative estimate of drug-likeness (QED) is 0.0191. The summed E-state index contributed by atoms with van der Waals surface area (Å²) in [7, 11) is 1.33. The first-order valence-electron chi connectivity index (χ1n) is 33.4. The van der Waals surface area contributed by atoms with Gasteiger partial charge in [-0.15, -0.1) is 0 Å². The summed E-state index contributed by atoms with van der Waals surface area (Å²) in [6, 6.07) is -5.61. The number of benzene rings is 2. The second-order valence-corrected chi connectivity index (χ2v) is 26.3. The number of carbonyl (C=O) groups excluding carboxylic acids is 13. The Labute approximate surface area is 586 Å². The number of nitrogens with two attached hydrogens (primary N) is 4. The highest BCUT2D eigenvalue weighted by Gasteiger charge is 2.45. The summed E-state index contributed by atoms with van der Waals surface area (Å²) in [5, 5.41) is 60.4. The lowest BCUT2D eigenvalue weighted by Gasteiger charge is -2.34. The fourth-order valence-electron chi connectivity index (χ4n) is 10.3. The van der Waals surface area contributed by atoms with Crippen molar-refractivity contribution >= 4 is 88.7 Å². The van der Waals surface area contributed by atoms with Gasteiger partial charge in [0.1, 0.15) is 48.0 Å². The van der Waals surface area contributed by atoms with E-state index in [9.17, 15) is 68.1 Å². The minimum absolute atomic E-state index is 0.0150. The summed E-state index contributed by atoms with van der Waals surface area (Å²) in [6.07, 6.45) is -9.74. The van der Waals surface area contributed by atoms with Crippen LogP contribution in [0.15, 0.2) is 59.6 Å². The lowest BCUT2D eigenvalue weighted by atomic mass is 9.95. The van der Waals surface area contributed by atoms with Crippen molar-refractivity contribution in [2.45, 2.75) is 200 Å². The topological polar surface area (TPSA) is 559 Å². The number of nitrogens with one attached hydrogen (secondary N) is 11. The summed E-state index contributed by atoms with van der Waals surface area (Å²) in [5.74, 6) is -17.5. The summed E-state index contributed by atoms with van der Waals surface area (Å²) in [6.45, 7) is 15.1. The molecule has 0 radical (unpaired) electrons. The van der Waals surface area contributed by atoms with Gasteiger partial charge in [-0.2, -0.15) is 0 Å². The molecule has 1 saturated heterocycles. The maximum Gasteiger partial charge on any atom is 0.412 e. The fourth-order valence-corrected chi connectivity index (χ4v) is 10.3. The second-order valence-electron chi connectivity index (χ2n) is 26.3. The summed E-state index contributed by atoms with van der Waals surface area (Å²) >= 11 is 0. The number of primary amides is 1. The van der Waals surface area contributed by atoms with Gasteiger partial charge in [0.15, 0.2) is 24.1 Å². The van der Waals surface area contributed by atoms with Gasteiger partial charge >= 0.3 is 12.1 Å². The number of rotatable bonds is 26. The molecule has 1 fully saturated rings. The van der Waals surface area contributed by atoms with Crippen LogP contribution in [0.25, 0.3) is 0 Å². The molecule has 1 aliphatic heterocycles. The number of cyclic esters (lactones) is 1. The van der Waals surface area contributed by atoms with Crippen molar-refractivity contribution in [1.29, 1.82) is 0 Å². The van der Waals surface area contributed by atoms with Crippen molar-refractivity contribution in [3.63, 3.8) is 0 Å². The van der Waals surface area contributed by atoms with Crippen LogP contribution in [0.1, 0.15) is 126 Å². The Bertz CT molecular complexity index is 3190. The highest BCUT2D eigenvalue weighted by atomic mass is 16.6. The van der Waals surface area contributed by atoms with E-state index in [2.05, 4.69) is 63.5 Å². The van der Waals surface area contributed by atoms with Crippen molar-refractivity contribution in [3.05, 3.63) is 60.2 Å². The van der Waals surface area contributed by atoms with Gasteiger partial charge < -0.3 is 106 Å². The molecule has 101 heavy (non-hydrogen) atoms. The average Bonchev–Trinajstić information content (AvgIpc) is 0.822. The van der Waals surface area contributed by atoms with Crippen LogP contribution < -0.4 is 86.2 Å². The van der Waals surface area contributed by atoms with E-state index in [1.54, 1.807) is 41.5 Å². The number of hydrogen-bond donors (Lipinski definition) is 18. The third kappa shape index (κ3) is 28.1. The molecular formula is C66H104N16O19. The van der Waals surface area contributed by atoms with Gasteiger partial charge in [-0.25, -0.2) is 9.59 Å². The van der Waals surface area contributed by atoms with Crippen LogP contribution in [0.2, 0.25) is 0 Å². The van der Waals surface area contributed by atoms with Crippen LogP contribution in [-0.4, -0.2) is 204 Å². The Hall–Kier alpha value is -9.74. The smallest absolute Gasteiger partial charge is 0.412 e. The van der Waals surface area contributed by atoms with Crippen molar-refractivity contribution < 1.29 is 91.9 Å². The molecule has 0 aliphatic carbocycles. The zero-order chi connectivity index (χ0) is 76.1. The molecule has 0 saturated carbocycles. The largest absolute Gasteiger partial charge is 0.497 e. The van der Waals surface area contributed by atoms with Crippen molar-refractivity contribution in [2.24, 2.45) is 57.5 Å². The molecule has 35 heteroatoms. The first-order valence-corrected chi connectivity index (χ1v) is 33.4. The Morgan fingerprint density at radius 3 is 1.81 bits per heavy atom. The standard InChI is InChI=1S/C66H104N16O19/c1-13-35(10)46-60(93)80-47(36(11)84)59(92)72-29-45(85)78-50(53(54(68)87)101-66(98)73-38-21-17-22-39(28-38)99-12)62(95)77-44(30-83)64(97)100-52(37-19-15-14-16-20-37)49(82-58(91)43(27-33(6)7)75-55(88)40(67)25-31(2)3)63(96)81-48(51(86)34(8)9)61(94)76-42(26-32(4)5)57(90)74-41(56(89)79-46)23-18-24-71-65(69)70/h14-17,19-22,28,31-36,40-44,46-53,83-84,86H,13,18,23-27,29-30,67H2,1-12H3,(H2,68,87)(H,72,92)(H,73,98)(H,74,90)(H,75,88)(H,76,94)(H,77,95)(H,78,85)(H,79,89)(H,80,93)(H,81,96)(H,82,91)(H4,69,70,71)/t35-,36-,40+,41+,42-,43-,44-,46-,47-,48-,49-,50-,51+,52+,53-/m0/s1. The Kier molecular flexibility index (Phi) is 35.3. The zero-order valence-corrected chi connectivity index (χ0v) is 59.2. The molecule has 0 spiro atoms. The zero-order valence-electron chi connectivity index (χ0n) is 59.2. The van der Waals surface area contributed by atoms with E-state index in [0.29, 0.717) is 0 Å². The normalized spacial score (nSPS) is 23.1. The Morgan fingerprint density at radius 2 is 1.25 bits per heavy atom. The second kappa shape index (κ2) is 41.7. The minimum Gasteiger partial charge on any atom is -0.497 e. The number of hydrogen-bond acceptors (Lipinski definition) is 21. The molecule has 3 rings (SSSR count). The molecular weight excluding hydrogens is 1320 g/mol. The first-order chi connectivity index (χ1) is 47.4. The minimum atomic E-state index is -2.54. The third-order valence-corrected chi connectivity index (χ3v) is 16.0. The van der Waals surface area contributed by atoms with Crippen LogP contribution in [0.4, 0.5) is 10.5 Å². The maximum atomic E-state index is 15.6. The van der Waals surface area contributed by atoms with Gasteiger partial charge in [-0.1, -0.05) is 112 Å². The molecule has 12 amide bonds. The van der Waals surface area contributed by atoms with E-state index in [1.807, 2.05) is 13.8 Å². The number of anilines is 1. The van der Waals surface area contributed by atoms with Gasteiger partial charge in [-0.05, 0) is 86.3 Å². The van der Waals surface area contributed by atoms with Gasteiger partial charge in [0.25, 0.3) is 5.91 Å². The predicted octanol–water partition coefficient (Wildman–Crippen LogP) is -3.17. The summed E-state index contributed by atoms with van der Waals surface area (Å²) < 4.78 is 16.6. The number of ether oxygens (including phenoxy) is 3. The van der Waals surface area contributed by atoms with Crippen LogP contribution >= 0.6 is 0 Å². The van der Waals surface area contributed by atoms with Crippen molar-refractivity contribution in [3.8, 4) is 5.75 Å². The van der Waals surface area contributed by atoms with E-state index in [1.165, 1.54) is 75.6 Å². The molecule has 22 N–H and O–H groups in total. The number of methoxy groups -OCH3 is 1. The van der Waals surface area contributed by atoms with E-state index in [-0.39, 0.29) is 79.9 Å². The molecule has 0 unspecified atom stereocenters. The number of amides is 12. The van der Waals surface area contributed by atoms with Gasteiger partial charge in [0.2, 0.25) is 65.2 Å². The SMILES string of the molecule is CC[C@H](C)[C@@H]1NC(=O)[C@@H](CCCN=C(N)N)NC(=O)[C@H](CC(C)C)NC(=O)[C@H]([C@H](O)C(C)C)NC(=O)[C@@H](NC(=O)[C@H](CC(C)C)NC(=O)[C@H](N)CC(C)C)[C@@H](c2ccccc2)OC(=O)[C@H](CO)NC(=O)[C@H]([C@H](OC(=O)Nc2cccc(OC)c2)C(N)=O)NC(=O)CNC(=O)[C@H]([C@H](C)O)NC1=O. The monoisotopic (exact) mass is 1420 g/mol. The molecule has 0 bridgehead atoms. The van der Waals surface area contributed by atoms with E-state index in [0.717, 1.165) is 6.92 Å². The lowest BCUT2D eigenvalue weighted by Crippen LogP contribution is -2.64. The fraction of sp³-hybridized carbons (Fsp3) is 0.606. The Morgan fingerprint density at radius 1 is 0.663 bits per heavy atom. The summed E-state index contributed by atoms with van der Waals surface area (Å²) in [4.78, 5) is 192. The molecule has 1 aliphatic rings. The molecule has 1 heterocycles. The molecule has 2 aromatic carbocycles. The van der Waals surface area contributed by atoms with Crippen LogP contribution in [0.5, 0.6) is 5.75 Å². The Balaban J connectivity index is 2.49. The van der Waals surface area contributed by atoms with E-state index < -0.39 is 193 Å². The number of esters is 1. The van der Waals surface area contributed by atoms with Crippen LogP contribution in [-0.2, 0) is 67.0 Å². The van der Waals surface area contributed by atoms with Gasteiger partial charge in [0, 0.05) is 18.3 Å². The molecule has 562 valence electrons. The van der Waals surface area contributed by atoms with Gasteiger partial charge in [0.05, 0.1) is 38.5 Å². The van der Waals surface area contributed by atoms with Gasteiger partial charge in [-0.3, -0.25) is 63.0 Å². The number of carbonyl (C=O) groups is 13. The van der Waals surface area contributed by atoms with E-state index in [4.69, 9.17) is 37.1 Å². The highest BCUT2D eigenvalue weighted by molar-refractivity contribution is 6.01. The third-order valence-electron chi connectivity index (χ3n) is 16.0. The predicted molar refractivity (Wildman–Crippen MR) is 367 cm³/mol. The molecule has 15 atom stereocenters. The lowest BCUT2D eigenvalue weighted by molar-refractivity contribution is -0.159. The maximum absolute atomic E-state index is 15.6. The number of guanidine groups is 1. The van der Waals surface area contributed by atoms with E-state index >= 15 is 9.59 Å². The number of nitrogens with zero attached hydrogens (tertiary/aromatic N) is 1. The summed E-state index contributed by atoms with van der Waals surface area (Å²) in [5.41, 5.74) is 23.1. The number of aliphatic imine (C=N–C) groups is 1.